The molecule has 0 radical (unpaired) electrons. The third-order valence-electron chi connectivity index (χ3n) is 2.71. The fourth-order valence-corrected chi connectivity index (χ4v) is 2.24. The first-order valence-corrected chi connectivity index (χ1v) is 6.65. The van der Waals surface area contributed by atoms with Crippen molar-refractivity contribution in [3.63, 3.8) is 0 Å². The van der Waals surface area contributed by atoms with E-state index in [4.69, 9.17) is 27.9 Å². The summed E-state index contributed by atoms with van der Waals surface area (Å²) >= 11 is 11.4. The van der Waals surface area contributed by atoms with Gasteiger partial charge in [0.15, 0.2) is 5.75 Å². The van der Waals surface area contributed by atoms with E-state index in [-0.39, 0.29) is 11.5 Å². The summed E-state index contributed by atoms with van der Waals surface area (Å²) in [5.41, 5.74) is -2.07. The standard InChI is InChI=1S/C14H6Cl2F6O/c15-10-5-8(14(20,21)22)6-11(16)12(10)23-9-3-1-2-7(4-9)13(17,18)19/h1-6H. The fourth-order valence-electron chi connectivity index (χ4n) is 1.67. The Balaban J connectivity index is 2.38. The van der Waals surface area contributed by atoms with Gasteiger partial charge >= 0.3 is 12.4 Å². The normalized spacial score (nSPS) is 12.3. The first kappa shape index (κ1) is 17.7. The van der Waals surface area contributed by atoms with Crippen LogP contribution in [0.15, 0.2) is 36.4 Å². The molecule has 0 saturated carbocycles. The summed E-state index contributed by atoms with van der Waals surface area (Å²) < 4.78 is 80.8. The van der Waals surface area contributed by atoms with Gasteiger partial charge in [0.05, 0.1) is 21.2 Å². The van der Waals surface area contributed by atoms with Crippen molar-refractivity contribution in [3.05, 3.63) is 57.6 Å². The minimum atomic E-state index is -4.66. The Morgan fingerprint density at radius 2 is 1.26 bits per heavy atom. The zero-order chi connectivity index (χ0) is 17.4. The van der Waals surface area contributed by atoms with Crippen LogP contribution in [0, 0.1) is 0 Å². The molecule has 9 heteroatoms. The van der Waals surface area contributed by atoms with Crippen molar-refractivity contribution >= 4 is 23.2 Å². The SMILES string of the molecule is FC(F)(F)c1cccc(Oc2c(Cl)cc(C(F)(F)F)cc2Cl)c1. The highest BCUT2D eigenvalue weighted by atomic mass is 35.5. The zero-order valence-electron chi connectivity index (χ0n) is 10.9. The number of alkyl halides is 6. The molecule has 0 bridgehead atoms. The van der Waals surface area contributed by atoms with Crippen molar-refractivity contribution in [1.29, 1.82) is 0 Å². The van der Waals surface area contributed by atoms with Crippen LogP contribution in [0.3, 0.4) is 0 Å². The number of halogens is 8. The lowest BCUT2D eigenvalue weighted by Gasteiger charge is -2.14. The minimum Gasteiger partial charge on any atom is -0.454 e. The molecule has 0 saturated heterocycles. The van der Waals surface area contributed by atoms with Crippen LogP contribution in [0.2, 0.25) is 10.0 Å². The summed E-state index contributed by atoms with van der Waals surface area (Å²) in [5.74, 6) is -0.621. The average Bonchev–Trinajstić information content (AvgIpc) is 2.41. The Morgan fingerprint density at radius 1 is 0.739 bits per heavy atom. The van der Waals surface area contributed by atoms with Crippen LogP contribution in [0.1, 0.15) is 11.1 Å². The minimum absolute atomic E-state index is 0.261. The molecule has 2 aromatic carbocycles. The van der Waals surface area contributed by atoms with Crippen LogP contribution in [0.25, 0.3) is 0 Å². The highest BCUT2D eigenvalue weighted by Gasteiger charge is 2.33. The quantitative estimate of drug-likeness (QED) is 0.523. The second-order valence-corrected chi connectivity index (χ2v) is 5.21. The van der Waals surface area contributed by atoms with Crippen LogP contribution in [-0.2, 0) is 12.4 Å². The van der Waals surface area contributed by atoms with Gasteiger partial charge in [0.1, 0.15) is 5.75 Å². The van der Waals surface area contributed by atoms with Gasteiger partial charge in [-0.2, -0.15) is 26.3 Å². The fraction of sp³-hybridized carbons (Fsp3) is 0.143. The molecular weight excluding hydrogens is 369 g/mol. The van der Waals surface area contributed by atoms with E-state index in [1.807, 2.05) is 0 Å². The summed E-state index contributed by atoms with van der Waals surface area (Å²) in [4.78, 5) is 0. The van der Waals surface area contributed by atoms with Gasteiger partial charge < -0.3 is 4.74 Å². The molecule has 23 heavy (non-hydrogen) atoms. The molecule has 0 aliphatic heterocycles. The van der Waals surface area contributed by atoms with Crippen LogP contribution in [0.5, 0.6) is 11.5 Å². The molecule has 0 spiro atoms. The van der Waals surface area contributed by atoms with Crippen molar-refractivity contribution in [1.82, 2.24) is 0 Å². The Kier molecular flexibility index (Phi) is 4.73. The van der Waals surface area contributed by atoms with E-state index in [0.717, 1.165) is 12.1 Å². The molecule has 0 aliphatic carbocycles. The first-order chi connectivity index (χ1) is 10.5. The van der Waals surface area contributed by atoms with Crippen LogP contribution in [-0.4, -0.2) is 0 Å². The lowest BCUT2D eigenvalue weighted by atomic mass is 10.2. The predicted octanol–water partition coefficient (Wildman–Crippen LogP) is 6.82. The van der Waals surface area contributed by atoms with Crippen molar-refractivity contribution in [2.75, 3.05) is 0 Å². The third-order valence-corrected chi connectivity index (χ3v) is 3.27. The van der Waals surface area contributed by atoms with E-state index in [1.165, 1.54) is 6.07 Å². The molecule has 0 atom stereocenters. The monoisotopic (exact) mass is 374 g/mol. The van der Waals surface area contributed by atoms with Gasteiger partial charge in [-0.25, -0.2) is 0 Å². The molecule has 0 amide bonds. The largest absolute Gasteiger partial charge is 0.454 e. The smallest absolute Gasteiger partial charge is 0.416 e. The third kappa shape index (κ3) is 4.23. The summed E-state index contributed by atoms with van der Waals surface area (Å²) in [6.45, 7) is 0. The van der Waals surface area contributed by atoms with Crippen molar-refractivity contribution < 1.29 is 31.1 Å². The predicted molar refractivity (Wildman–Crippen MR) is 73.0 cm³/mol. The van der Waals surface area contributed by atoms with E-state index in [9.17, 15) is 26.3 Å². The molecule has 1 nitrogen and oxygen atoms in total. The molecule has 124 valence electrons. The molecule has 0 heterocycles. The van der Waals surface area contributed by atoms with Gasteiger partial charge in [-0.15, -0.1) is 0 Å². The van der Waals surface area contributed by atoms with Gasteiger partial charge in [0.2, 0.25) is 0 Å². The number of hydrogen-bond donors (Lipinski definition) is 0. The molecular formula is C14H6Cl2F6O. The Bertz CT molecular complexity index is 701. The Morgan fingerprint density at radius 3 is 1.74 bits per heavy atom. The lowest BCUT2D eigenvalue weighted by Crippen LogP contribution is -2.06. The first-order valence-electron chi connectivity index (χ1n) is 5.90. The average molecular weight is 375 g/mol. The number of benzene rings is 2. The topological polar surface area (TPSA) is 9.23 Å². The number of hydrogen-bond acceptors (Lipinski definition) is 1. The second kappa shape index (κ2) is 6.13. The van der Waals surface area contributed by atoms with Gasteiger partial charge in [-0.3, -0.25) is 0 Å². The lowest BCUT2D eigenvalue weighted by molar-refractivity contribution is -0.138. The van der Waals surface area contributed by atoms with E-state index >= 15 is 0 Å². The Labute approximate surface area is 136 Å². The summed E-state index contributed by atoms with van der Waals surface area (Å²) in [7, 11) is 0. The maximum atomic E-state index is 12.6. The summed E-state index contributed by atoms with van der Waals surface area (Å²) in [6, 6.07) is 4.95. The molecule has 0 aromatic heterocycles. The molecule has 0 unspecified atom stereocenters. The Hall–Kier alpha value is -1.60. The molecule has 2 rings (SSSR count). The van der Waals surface area contributed by atoms with E-state index in [1.54, 1.807) is 0 Å². The number of ether oxygens (including phenoxy) is 1. The van der Waals surface area contributed by atoms with E-state index in [2.05, 4.69) is 0 Å². The van der Waals surface area contributed by atoms with Gasteiger partial charge in [-0.05, 0) is 30.3 Å². The van der Waals surface area contributed by atoms with Crippen LogP contribution < -0.4 is 4.74 Å². The van der Waals surface area contributed by atoms with Crippen LogP contribution in [0.4, 0.5) is 26.3 Å². The second-order valence-electron chi connectivity index (χ2n) is 4.39. The van der Waals surface area contributed by atoms with E-state index in [0.29, 0.717) is 18.2 Å². The van der Waals surface area contributed by atoms with Gasteiger partial charge in [-0.1, -0.05) is 29.3 Å². The van der Waals surface area contributed by atoms with Gasteiger partial charge in [0.25, 0.3) is 0 Å². The number of rotatable bonds is 2. The molecule has 0 fully saturated rings. The zero-order valence-corrected chi connectivity index (χ0v) is 12.4. The van der Waals surface area contributed by atoms with Crippen LogP contribution >= 0.6 is 23.2 Å². The van der Waals surface area contributed by atoms with E-state index < -0.39 is 33.5 Å². The maximum absolute atomic E-state index is 12.6. The maximum Gasteiger partial charge on any atom is 0.416 e. The summed E-state index contributed by atoms with van der Waals surface area (Å²) in [6.07, 6.45) is -9.25. The van der Waals surface area contributed by atoms with Crippen molar-refractivity contribution in [2.45, 2.75) is 12.4 Å². The van der Waals surface area contributed by atoms with Crippen molar-refractivity contribution in [2.24, 2.45) is 0 Å². The molecule has 0 N–H and O–H groups in total. The summed E-state index contributed by atoms with van der Waals surface area (Å²) in [5, 5.41) is -0.940. The van der Waals surface area contributed by atoms with Crippen molar-refractivity contribution in [3.8, 4) is 11.5 Å². The van der Waals surface area contributed by atoms with Gasteiger partial charge in [0, 0.05) is 0 Å². The molecule has 0 aliphatic rings. The highest BCUT2D eigenvalue weighted by molar-refractivity contribution is 6.37. The molecule has 2 aromatic rings. The highest BCUT2D eigenvalue weighted by Crippen LogP contribution is 2.42.